The van der Waals surface area contributed by atoms with Crippen molar-refractivity contribution >= 4 is 50.7 Å². The number of nitrogens with one attached hydrogen (secondary N) is 1. The minimum Gasteiger partial charge on any atom is -0.378 e. The van der Waals surface area contributed by atoms with Crippen molar-refractivity contribution in [2.24, 2.45) is 0 Å². The maximum Gasteiger partial charge on any atom is 0.141 e. The highest BCUT2D eigenvalue weighted by Crippen LogP contribution is 2.28. The van der Waals surface area contributed by atoms with Gasteiger partial charge < -0.3 is 15.0 Å². The van der Waals surface area contributed by atoms with E-state index in [0.29, 0.717) is 0 Å². The van der Waals surface area contributed by atoms with Crippen LogP contribution in [0.4, 0.5) is 17.2 Å². The van der Waals surface area contributed by atoms with Gasteiger partial charge in [0.2, 0.25) is 0 Å². The van der Waals surface area contributed by atoms with E-state index in [-0.39, 0.29) is 0 Å². The zero-order valence-corrected chi connectivity index (χ0v) is 16.2. The first-order valence-electron chi connectivity index (χ1n) is 8.31. The van der Waals surface area contributed by atoms with Gasteiger partial charge in [0, 0.05) is 33.4 Å². The van der Waals surface area contributed by atoms with Crippen molar-refractivity contribution in [1.82, 2.24) is 9.97 Å². The number of ether oxygens (including phenoxy) is 1. The van der Waals surface area contributed by atoms with Gasteiger partial charge in [-0.15, -0.1) is 0 Å². The molecule has 2 heterocycles. The summed E-state index contributed by atoms with van der Waals surface area (Å²) in [4.78, 5) is 11.2. The molecule has 1 saturated heterocycles. The van der Waals surface area contributed by atoms with E-state index in [1.807, 2.05) is 6.07 Å². The van der Waals surface area contributed by atoms with Crippen molar-refractivity contribution in [3.8, 4) is 0 Å². The van der Waals surface area contributed by atoms with Gasteiger partial charge >= 0.3 is 0 Å². The van der Waals surface area contributed by atoms with Crippen LogP contribution < -0.4 is 10.2 Å². The minimum absolute atomic E-state index is 0.797. The predicted molar refractivity (Wildman–Crippen MR) is 110 cm³/mol. The van der Waals surface area contributed by atoms with Gasteiger partial charge in [0.05, 0.1) is 18.7 Å². The molecule has 1 aromatic heterocycles. The Morgan fingerprint density at radius 3 is 2.72 bits per heavy atom. The van der Waals surface area contributed by atoms with E-state index < -0.39 is 0 Å². The average molecular weight is 446 g/mol. The monoisotopic (exact) mass is 446 g/mol. The molecule has 1 N–H and O–H groups in total. The third-order valence-electron chi connectivity index (χ3n) is 4.41. The van der Waals surface area contributed by atoms with Crippen LogP contribution in [0.5, 0.6) is 0 Å². The van der Waals surface area contributed by atoms with Gasteiger partial charge in [-0.1, -0.05) is 0 Å². The molecular formula is C19H19IN4O. The first kappa shape index (κ1) is 16.5. The molecule has 4 rings (SSSR count). The number of aromatic nitrogens is 2. The number of hydrogen-bond acceptors (Lipinski definition) is 5. The van der Waals surface area contributed by atoms with Crippen LogP contribution in [-0.4, -0.2) is 36.3 Å². The Bertz CT molecular complexity index is 909. The summed E-state index contributed by atoms with van der Waals surface area (Å²) in [7, 11) is 0. The van der Waals surface area contributed by atoms with Gasteiger partial charge in [-0.05, 0) is 71.5 Å². The van der Waals surface area contributed by atoms with Crippen LogP contribution in [0.1, 0.15) is 5.56 Å². The van der Waals surface area contributed by atoms with Crippen LogP contribution in [0, 0.1) is 10.5 Å². The third-order valence-corrected chi connectivity index (χ3v) is 5.08. The number of aryl methyl sites for hydroxylation is 1. The lowest BCUT2D eigenvalue weighted by Gasteiger charge is -2.30. The smallest absolute Gasteiger partial charge is 0.141 e. The molecule has 5 nitrogen and oxygen atoms in total. The number of nitrogens with zero attached hydrogens (tertiary/aromatic N) is 3. The summed E-state index contributed by atoms with van der Waals surface area (Å²) in [5.41, 5.74) is 4.50. The standard InChI is InChI=1S/C19H19IN4O/c1-13-10-15(3-5-18(13)24-6-8-25-9-7-24)23-19-16-11-14(20)2-4-17(16)21-12-22-19/h2-5,10-12H,6-9H2,1H3,(H,21,22,23). The molecule has 0 spiro atoms. The number of benzene rings is 2. The number of anilines is 3. The molecule has 0 bridgehead atoms. The highest BCUT2D eigenvalue weighted by Gasteiger charge is 2.13. The maximum absolute atomic E-state index is 5.45. The zero-order chi connectivity index (χ0) is 17.2. The fraction of sp³-hybridized carbons (Fsp3) is 0.263. The van der Waals surface area contributed by atoms with E-state index >= 15 is 0 Å². The molecule has 1 aliphatic heterocycles. The molecule has 0 radical (unpaired) electrons. The van der Waals surface area contributed by atoms with Crippen molar-refractivity contribution < 1.29 is 4.74 Å². The van der Waals surface area contributed by atoms with Crippen molar-refractivity contribution in [2.75, 3.05) is 36.5 Å². The summed E-state index contributed by atoms with van der Waals surface area (Å²) in [5.74, 6) is 0.835. The molecule has 2 aromatic carbocycles. The fourth-order valence-electron chi connectivity index (χ4n) is 3.16. The Balaban J connectivity index is 1.63. The average Bonchev–Trinajstić information content (AvgIpc) is 2.63. The maximum atomic E-state index is 5.45. The van der Waals surface area contributed by atoms with Crippen molar-refractivity contribution in [1.29, 1.82) is 0 Å². The molecule has 0 saturated carbocycles. The molecule has 25 heavy (non-hydrogen) atoms. The second-order valence-corrected chi connectivity index (χ2v) is 7.36. The van der Waals surface area contributed by atoms with E-state index in [1.165, 1.54) is 14.8 Å². The van der Waals surface area contributed by atoms with E-state index in [4.69, 9.17) is 4.74 Å². The van der Waals surface area contributed by atoms with Crippen LogP contribution in [-0.2, 0) is 4.74 Å². The van der Waals surface area contributed by atoms with E-state index in [1.54, 1.807) is 6.33 Å². The molecule has 1 aliphatic rings. The van der Waals surface area contributed by atoms with Crippen LogP contribution >= 0.6 is 22.6 Å². The third kappa shape index (κ3) is 3.55. The normalized spacial score (nSPS) is 14.7. The van der Waals surface area contributed by atoms with Crippen molar-refractivity contribution in [2.45, 2.75) is 6.92 Å². The molecule has 0 unspecified atom stereocenters. The van der Waals surface area contributed by atoms with Crippen molar-refractivity contribution in [3.05, 3.63) is 51.9 Å². The predicted octanol–water partition coefficient (Wildman–Crippen LogP) is 4.12. The Morgan fingerprint density at radius 1 is 1.08 bits per heavy atom. The SMILES string of the molecule is Cc1cc(Nc2ncnc3ccc(I)cc23)ccc1N1CCOCC1. The Labute approximate surface area is 160 Å². The quantitative estimate of drug-likeness (QED) is 0.614. The molecule has 1 fully saturated rings. The number of halogens is 1. The Morgan fingerprint density at radius 2 is 1.92 bits per heavy atom. The van der Waals surface area contributed by atoms with Crippen LogP contribution in [0.2, 0.25) is 0 Å². The van der Waals surface area contributed by atoms with Gasteiger partial charge in [-0.2, -0.15) is 0 Å². The van der Waals surface area contributed by atoms with Gasteiger partial charge in [0.25, 0.3) is 0 Å². The lowest BCUT2D eigenvalue weighted by Crippen LogP contribution is -2.36. The first-order chi connectivity index (χ1) is 12.2. The lowest BCUT2D eigenvalue weighted by molar-refractivity contribution is 0.122. The highest BCUT2D eigenvalue weighted by molar-refractivity contribution is 14.1. The summed E-state index contributed by atoms with van der Waals surface area (Å²) in [5, 5.41) is 4.48. The first-order valence-corrected chi connectivity index (χ1v) is 9.39. The van der Waals surface area contributed by atoms with E-state index in [2.05, 4.69) is 80.0 Å². The van der Waals surface area contributed by atoms with E-state index in [9.17, 15) is 0 Å². The lowest BCUT2D eigenvalue weighted by atomic mass is 10.1. The molecule has 0 atom stereocenters. The van der Waals surface area contributed by atoms with Gasteiger partial charge in [-0.25, -0.2) is 9.97 Å². The summed E-state index contributed by atoms with van der Waals surface area (Å²) in [6.07, 6.45) is 1.60. The molecule has 0 aliphatic carbocycles. The molecule has 6 heteroatoms. The molecule has 128 valence electrons. The molecule has 0 amide bonds. The van der Waals surface area contributed by atoms with Gasteiger partial charge in [-0.3, -0.25) is 0 Å². The topological polar surface area (TPSA) is 50.3 Å². The number of fused-ring (bicyclic) bond motifs is 1. The largest absolute Gasteiger partial charge is 0.378 e. The van der Waals surface area contributed by atoms with Crippen LogP contribution in [0.15, 0.2) is 42.7 Å². The van der Waals surface area contributed by atoms with Crippen LogP contribution in [0.25, 0.3) is 10.9 Å². The Hall–Kier alpha value is -1.93. The van der Waals surface area contributed by atoms with Gasteiger partial charge in [0.15, 0.2) is 0 Å². The summed E-state index contributed by atoms with van der Waals surface area (Å²) >= 11 is 2.31. The van der Waals surface area contributed by atoms with Crippen LogP contribution in [0.3, 0.4) is 0 Å². The Kier molecular flexibility index (Phi) is 4.72. The minimum atomic E-state index is 0.797. The fourth-order valence-corrected chi connectivity index (χ4v) is 3.65. The summed E-state index contributed by atoms with van der Waals surface area (Å²) < 4.78 is 6.61. The second kappa shape index (κ2) is 7.13. The summed E-state index contributed by atoms with van der Waals surface area (Å²) in [6.45, 7) is 5.64. The molecule has 3 aromatic rings. The second-order valence-electron chi connectivity index (χ2n) is 6.11. The highest BCUT2D eigenvalue weighted by atomic mass is 127. The zero-order valence-electron chi connectivity index (χ0n) is 14.0. The summed E-state index contributed by atoms with van der Waals surface area (Å²) in [6, 6.07) is 12.6. The van der Waals surface area contributed by atoms with Crippen molar-refractivity contribution in [3.63, 3.8) is 0 Å². The number of morpholine rings is 1. The number of hydrogen-bond donors (Lipinski definition) is 1. The molecular weight excluding hydrogens is 427 g/mol. The van der Waals surface area contributed by atoms with E-state index in [0.717, 1.165) is 48.7 Å². The number of rotatable bonds is 3. The van der Waals surface area contributed by atoms with Gasteiger partial charge in [0.1, 0.15) is 12.1 Å².